The SMILES string of the molecule is NS(=O)(=O)C1CC(=O)N(c2cccc(F)c2Cl)C1. The number of halogens is 2. The highest BCUT2D eigenvalue weighted by molar-refractivity contribution is 7.89. The first-order valence-electron chi connectivity index (χ1n) is 5.06. The summed E-state index contributed by atoms with van der Waals surface area (Å²) in [6.45, 7) is -0.110. The lowest BCUT2D eigenvalue weighted by Gasteiger charge is -2.17. The van der Waals surface area contributed by atoms with Crippen molar-refractivity contribution < 1.29 is 17.6 Å². The van der Waals surface area contributed by atoms with Crippen molar-refractivity contribution >= 4 is 33.2 Å². The van der Waals surface area contributed by atoms with E-state index in [1.165, 1.54) is 12.1 Å². The number of sulfonamides is 1. The minimum atomic E-state index is -3.80. The van der Waals surface area contributed by atoms with Crippen LogP contribution in [0, 0.1) is 5.82 Å². The van der Waals surface area contributed by atoms with Crippen LogP contribution < -0.4 is 10.0 Å². The van der Waals surface area contributed by atoms with Crippen molar-refractivity contribution in [3.8, 4) is 0 Å². The summed E-state index contributed by atoms with van der Waals surface area (Å²) >= 11 is 5.75. The van der Waals surface area contributed by atoms with E-state index in [1.54, 1.807) is 0 Å². The number of carbonyl (C=O) groups is 1. The van der Waals surface area contributed by atoms with Crippen molar-refractivity contribution in [2.75, 3.05) is 11.4 Å². The van der Waals surface area contributed by atoms with Crippen LogP contribution >= 0.6 is 11.6 Å². The topological polar surface area (TPSA) is 80.5 Å². The summed E-state index contributed by atoms with van der Waals surface area (Å²) in [5, 5.41) is 3.81. The zero-order valence-corrected chi connectivity index (χ0v) is 10.7. The van der Waals surface area contributed by atoms with Gasteiger partial charge in [-0.05, 0) is 12.1 Å². The Morgan fingerprint density at radius 3 is 2.67 bits per heavy atom. The number of benzene rings is 1. The number of anilines is 1. The summed E-state index contributed by atoms with van der Waals surface area (Å²) < 4.78 is 35.7. The third-order valence-corrected chi connectivity index (χ3v) is 4.40. The lowest BCUT2D eigenvalue weighted by Crippen LogP contribution is -2.32. The van der Waals surface area contributed by atoms with E-state index in [2.05, 4.69) is 0 Å². The summed E-state index contributed by atoms with van der Waals surface area (Å²) in [6.07, 6.45) is -0.217. The number of nitrogens with two attached hydrogens (primary N) is 1. The molecule has 1 heterocycles. The Hall–Kier alpha value is -1.18. The molecule has 0 bridgehead atoms. The van der Waals surface area contributed by atoms with Gasteiger partial charge in [0.05, 0.1) is 5.69 Å². The number of amides is 1. The van der Waals surface area contributed by atoms with Crippen molar-refractivity contribution in [3.63, 3.8) is 0 Å². The highest BCUT2D eigenvalue weighted by Crippen LogP contribution is 2.32. The van der Waals surface area contributed by atoms with Gasteiger partial charge in [0.25, 0.3) is 0 Å². The van der Waals surface area contributed by atoms with E-state index in [4.69, 9.17) is 16.7 Å². The van der Waals surface area contributed by atoms with E-state index < -0.39 is 27.0 Å². The number of hydrogen-bond donors (Lipinski definition) is 1. The normalized spacial score (nSPS) is 20.5. The first kappa shape index (κ1) is 13.3. The Bertz CT molecular complexity index is 605. The maximum absolute atomic E-state index is 13.3. The van der Waals surface area contributed by atoms with Crippen molar-refractivity contribution in [2.24, 2.45) is 5.14 Å². The van der Waals surface area contributed by atoms with Crippen molar-refractivity contribution in [2.45, 2.75) is 11.7 Å². The molecule has 98 valence electrons. The standard InChI is InChI=1S/C10H10ClFN2O3S/c11-10-7(12)2-1-3-8(10)14-5-6(4-9(14)15)18(13,16)17/h1-3,6H,4-5H2,(H2,13,16,17). The molecular weight excluding hydrogens is 283 g/mol. The highest BCUT2D eigenvalue weighted by atomic mass is 35.5. The van der Waals surface area contributed by atoms with E-state index in [0.717, 1.165) is 11.0 Å². The monoisotopic (exact) mass is 292 g/mol. The molecule has 2 rings (SSSR count). The molecule has 5 nitrogen and oxygen atoms in total. The summed E-state index contributed by atoms with van der Waals surface area (Å²) in [7, 11) is -3.80. The first-order chi connectivity index (χ1) is 8.30. The molecule has 0 saturated carbocycles. The van der Waals surface area contributed by atoms with Gasteiger partial charge in [0.1, 0.15) is 16.1 Å². The second-order valence-electron chi connectivity index (χ2n) is 3.99. The van der Waals surface area contributed by atoms with Crippen LogP contribution in [0.15, 0.2) is 18.2 Å². The van der Waals surface area contributed by atoms with Crippen molar-refractivity contribution in [3.05, 3.63) is 29.0 Å². The minimum Gasteiger partial charge on any atom is -0.309 e. The Morgan fingerprint density at radius 2 is 2.11 bits per heavy atom. The molecule has 0 radical (unpaired) electrons. The summed E-state index contributed by atoms with van der Waals surface area (Å²) in [5.41, 5.74) is 0.160. The van der Waals surface area contributed by atoms with Crippen LogP contribution in [0.5, 0.6) is 0 Å². The smallest absolute Gasteiger partial charge is 0.228 e. The summed E-state index contributed by atoms with van der Waals surface area (Å²) in [4.78, 5) is 12.9. The Morgan fingerprint density at radius 1 is 1.44 bits per heavy atom. The molecule has 1 amide bonds. The minimum absolute atomic E-state index is 0.110. The Kier molecular flexibility index (Phi) is 3.31. The van der Waals surface area contributed by atoms with Gasteiger partial charge in [-0.3, -0.25) is 4.79 Å². The van der Waals surface area contributed by atoms with E-state index in [1.807, 2.05) is 0 Å². The van der Waals surface area contributed by atoms with Crippen LogP contribution in [-0.4, -0.2) is 26.1 Å². The lowest BCUT2D eigenvalue weighted by molar-refractivity contribution is -0.117. The van der Waals surface area contributed by atoms with Gasteiger partial charge in [-0.1, -0.05) is 17.7 Å². The molecule has 18 heavy (non-hydrogen) atoms. The number of primary sulfonamides is 1. The van der Waals surface area contributed by atoms with E-state index in [-0.39, 0.29) is 23.7 Å². The van der Waals surface area contributed by atoms with Gasteiger partial charge in [0.15, 0.2) is 0 Å². The molecule has 1 fully saturated rings. The molecule has 1 aromatic rings. The van der Waals surface area contributed by atoms with Crippen LogP contribution in [-0.2, 0) is 14.8 Å². The van der Waals surface area contributed by atoms with E-state index in [9.17, 15) is 17.6 Å². The number of carbonyl (C=O) groups excluding carboxylic acids is 1. The van der Waals surface area contributed by atoms with Gasteiger partial charge < -0.3 is 4.90 Å². The summed E-state index contributed by atoms with van der Waals surface area (Å²) in [5.74, 6) is -1.11. The fourth-order valence-corrected chi connectivity index (χ4v) is 2.79. The molecule has 8 heteroatoms. The molecule has 1 saturated heterocycles. The maximum atomic E-state index is 13.3. The molecule has 0 aliphatic carbocycles. The molecule has 0 spiro atoms. The Labute approximate surface area is 108 Å². The molecule has 1 aliphatic heterocycles. The molecule has 1 unspecified atom stereocenters. The largest absolute Gasteiger partial charge is 0.309 e. The van der Waals surface area contributed by atoms with Crippen molar-refractivity contribution in [1.29, 1.82) is 0 Å². The molecule has 1 atom stereocenters. The second-order valence-corrected chi connectivity index (χ2v) is 6.22. The van der Waals surface area contributed by atoms with Gasteiger partial charge in [-0.2, -0.15) is 0 Å². The molecule has 1 aromatic carbocycles. The maximum Gasteiger partial charge on any atom is 0.228 e. The second kappa shape index (κ2) is 4.49. The molecular formula is C10H10ClFN2O3S. The van der Waals surface area contributed by atoms with Gasteiger partial charge in [-0.25, -0.2) is 17.9 Å². The van der Waals surface area contributed by atoms with Crippen LogP contribution in [0.4, 0.5) is 10.1 Å². The van der Waals surface area contributed by atoms with Crippen LogP contribution in [0.25, 0.3) is 0 Å². The fourth-order valence-electron chi connectivity index (χ4n) is 1.83. The quantitative estimate of drug-likeness (QED) is 0.878. The zero-order chi connectivity index (χ0) is 13.5. The average Bonchev–Trinajstić information content (AvgIpc) is 2.64. The predicted molar refractivity (Wildman–Crippen MR) is 65.3 cm³/mol. The molecule has 1 aliphatic rings. The van der Waals surface area contributed by atoms with E-state index in [0.29, 0.717) is 0 Å². The van der Waals surface area contributed by atoms with Crippen LogP contribution in [0.1, 0.15) is 6.42 Å². The van der Waals surface area contributed by atoms with Crippen molar-refractivity contribution in [1.82, 2.24) is 0 Å². The fraction of sp³-hybridized carbons (Fsp3) is 0.300. The van der Waals surface area contributed by atoms with E-state index >= 15 is 0 Å². The molecule has 2 N–H and O–H groups in total. The average molecular weight is 293 g/mol. The number of nitrogens with zero attached hydrogens (tertiary/aromatic N) is 1. The van der Waals surface area contributed by atoms with Gasteiger partial charge in [-0.15, -0.1) is 0 Å². The number of hydrogen-bond acceptors (Lipinski definition) is 3. The first-order valence-corrected chi connectivity index (χ1v) is 7.05. The van der Waals surface area contributed by atoms with Crippen LogP contribution in [0.2, 0.25) is 5.02 Å². The number of rotatable bonds is 2. The zero-order valence-electron chi connectivity index (χ0n) is 9.14. The van der Waals surface area contributed by atoms with Crippen LogP contribution in [0.3, 0.4) is 0 Å². The summed E-state index contributed by atoms with van der Waals surface area (Å²) in [6, 6.07) is 4.01. The van der Waals surface area contributed by atoms with Gasteiger partial charge >= 0.3 is 0 Å². The lowest BCUT2D eigenvalue weighted by atomic mass is 10.3. The third kappa shape index (κ3) is 2.33. The predicted octanol–water partition coefficient (Wildman–Crippen LogP) is 0.873. The molecule has 0 aromatic heterocycles. The highest BCUT2D eigenvalue weighted by Gasteiger charge is 2.38. The third-order valence-electron chi connectivity index (χ3n) is 2.78. The van der Waals surface area contributed by atoms with Gasteiger partial charge in [0.2, 0.25) is 15.9 Å². The van der Waals surface area contributed by atoms with Gasteiger partial charge in [0, 0.05) is 13.0 Å². The Balaban J connectivity index is 2.36.